The summed E-state index contributed by atoms with van der Waals surface area (Å²) in [7, 11) is 1.94. The maximum absolute atomic E-state index is 11.8. The van der Waals surface area contributed by atoms with E-state index in [2.05, 4.69) is 4.90 Å². The van der Waals surface area contributed by atoms with Crippen molar-refractivity contribution in [1.82, 2.24) is 4.90 Å². The molecule has 1 fully saturated rings. The van der Waals surface area contributed by atoms with E-state index >= 15 is 0 Å². The van der Waals surface area contributed by atoms with Crippen molar-refractivity contribution in [2.24, 2.45) is 5.92 Å². The number of rotatable bonds is 6. The molecule has 0 aliphatic carbocycles. The van der Waals surface area contributed by atoms with Crippen molar-refractivity contribution in [3.05, 3.63) is 35.9 Å². The first kappa shape index (κ1) is 15.5. The van der Waals surface area contributed by atoms with Gasteiger partial charge in [0.15, 0.2) is 0 Å². The Kier molecular flexibility index (Phi) is 5.33. The fourth-order valence-corrected chi connectivity index (χ4v) is 2.59. The van der Waals surface area contributed by atoms with Crippen molar-refractivity contribution in [1.29, 1.82) is 0 Å². The first-order valence-electron chi connectivity index (χ1n) is 7.18. The quantitative estimate of drug-likeness (QED) is 0.745. The molecule has 1 aromatic rings. The van der Waals surface area contributed by atoms with Crippen LogP contribution in [0.4, 0.5) is 0 Å². The van der Waals surface area contributed by atoms with Crippen molar-refractivity contribution < 1.29 is 19.1 Å². The Hall–Kier alpha value is -1.88. The van der Waals surface area contributed by atoms with E-state index in [9.17, 15) is 9.59 Å². The Balaban J connectivity index is 1.99. The van der Waals surface area contributed by atoms with Crippen LogP contribution in [0, 0.1) is 5.92 Å². The molecule has 0 amide bonds. The Bertz CT molecular complexity index is 488. The highest BCUT2D eigenvalue weighted by Gasteiger charge is 2.40. The second-order valence-electron chi connectivity index (χ2n) is 5.21. The number of cyclic esters (lactones) is 1. The molecule has 114 valence electrons. The zero-order valence-electron chi connectivity index (χ0n) is 12.5. The van der Waals surface area contributed by atoms with Gasteiger partial charge in [-0.2, -0.15) is 0 Å². The Morgan fingerprint density at radius 1 is 1.38 bits per heavy atom. The fourth-order valence-electron chi connectivity index (χ4n) is 2.59. The molecular formula is C16H21NO4. The van der Waals surface area contributed by atoms with E-state index < -0.39 is 5.92 Å². The summed E-state index contributed by atoms with van der Waals surface area (Å²) in [4.78, 5) is 25.5. The summed E-state index contributed by atoms with van der Waals surface area (Å²) in [5, 5.41) is 0. The molecule has 1 saturated heterocycles. The molecule has 2 unspecified atom stereocenters. The highest BCUT2D eigenvalue weighted by atomic mass is 16.5. The SMILES string of the molecule is CCOC(=O)CC1C(=O)OCC1N(C)Cc1ccccc1. The monoisotopic (exact) mass is 291 g/mol. The lowest BCUT2D eigenvalue weighted by molar-refractivity contribution is -0.150. The summed E-state index contributed by atoms with van der Waals surface area (Å²) in [6.07, 6.45) is 0.0798. The van der Waals surface area contributed by atoms with E-state index in [1.165, 1.54) is 0 Å². The topological polar surface area (TPSA) is 55.8 Å². The van der Waals surface area contributed by atoms with Crippen LogP contribution in [0.3, 0.4) is 0 Å². The van der Waals surface area contributed by atoms with Gasteiger partial charge in [-0.3, -0.25) is 14.5 Å². The molecule has 1 aromatic carbocycles. The smallest absolute Gasteiger partial charge is 0.311 e. The molecule has 1 heterocycles. The van der Waals surface area contributed by atoms with Crippen molar-refractivity contribution >= 4 is 11.9 Å². The number of hydrogen-bond acceptors (Lipinski definition) is 5. The molecule has 2 rings (SSSR count). The average Bonchev–Trinajstić information content (AvgIpc) is 2.82. The summed E-state index contributed by atoms with van der Waals surface area (Å²) in [5.74, 6) is -1.11. The maximum Gasteiger partial charge on any atom is 0.311 e. The van der Waals surface area contributed by atoms with Gasteiger partial charge in [-0.15, -0.1) is 0 Å². The second-order valence-corrected chi connectivity index (χ2v) is 5.21. The van der Waals surface area contributed by atoms with Gasteiger partial charge in [0, 0.05) is 6.54 Å². The van der Waals surface area contributed by atoms with Gasteiger partial charge in [0.1, 0.15) is 6.61 Å². The third-order valence-corrected chi connectivity index (χ3v) is 3.70. The standard InChI is InChI=1S/C16H21NO4/c1-3-20-15(18)9-13-14(11-21-16(13)19)17(2)10-12-7-5-4-6-8-12/h4-8,13-14H,3,9-11H2,1-2H3. The molecule has 0 bridgehead atoms. The molecular weight excluding hydrogens is 270 g/mol. The van der Waals surface area contributed by atoms with Gasteiger partial charge in [0.05, 0.1) is 25.0 Å². The van der Waals surface area contributed by atoms with Crippen LogP contribution in [0.5, 0.6) is 0 Å². The summed E-state index contributed by atoms with van der Waals surface area (Å²) in [5.41, 5.74) is 1.16. The van der Waals surface area contributed by atoms with E-state index in [-0.39, 0.29) is 24.4 Å². The van der Waals surface area contributed by atoms with Crippen LogP contribution in [-0.2, 0) is 25.6 Å². The predicted molar refractivity (Wildman–Crippen MR) is 77.4 cm³/mol. The average molecular weight is 291 g/mol. The van der Waals surface area contributed by atoms with Gasteiger partial charge in [0.25, 0.3) is 0 Å². The number of likely N-dealkylation sites (N-methyl/N-ethyl adjacent to an activating group) is 1. The summed E-state index contributed by atoms with van der Waals surface area (Å²) in [6, 6.07) is 9.91. The minimum Gasteiger partial charge on any atom is -0.466 e. The maximum atomic E-state index is 11.8. The molecule has 0 aromatic heterocycles. The van der Waals surface area contributed by atoms with E-state index in [1.54, 1.807) is 6.92 Å². The largest absolute Gasteiger partial charge is 0.466 e. The van der Waals surface area contributed by atoms with Gasteiger partial charge in [-0.1, -0.05) is 30.3 Å². The third kappa shape index (κ3) is 4.04. The zero-order chi connectivity index (χ0) is 15.2. The lowest BCUT2D eigenvalue weighted by Crippen LogP contribution is -2.38. The van der Waals surface area contributed by atoms with Gasteiger partial charge in [-0.25, -0.2) is 0 Å². The van der Waals surface area contributed by atoms with Crippen LogP contribution in [0.15, 0.2) is 30.3 Å². The molecule has 5 nitrogen and oxygen atoms in total. The molecule has 0 N–H and O–H groups in total. The highest BCUT2D eigenvalue weighted by molar-refractivity contribution is 5.82. The number of carbonyl (C=O) groups is 2. The number of carbonyl (C=O) groups excluding carboxylic acids is 2. The van der Waals surface area contributed by atoms with E-state index in [1.807, 2.05) is 37.4 Å². The molecule has 1 aliphatic heterocycles. The van der Waals surface area contributed by atoms with E-state index in [4.69, 9.17) is 9.47 Å². The molecule has 21 heavy (non-hydrogen) atoms. The number of hydrogen-bond donors (Lipinski definition) is 0. The normalized spacial score (nSPS) is 21.4. The molecule has 5 heteroatoms. The summed E-state index contributed by atoms with van der Waals surface area (Å²) < 4.78 is 10.1. The molecule has 0 saturated carbocycles. The van der Waals surface area contributed by atoms with Crippen LogP contribution in [-0.4, -0.2) is 43.1 Å². The van der Waals surface area contributed by atoms with Gasteiger partial charge in [0.2, 0.25) is 0 Å². The Morgan fingerprint density at radius 3 is 2.76 bits per heavy atom. The van der Waals surface area contributed by atoms with Crippen LogP contribution >= 0.6 is 0 Å². The van der Waals surface area contributed by atoms with Gasteiger partial charge < -0.3 is 9.47 Å². The van der Waals surface area contributed by atoms with Crippen molar-refractivity contribution in [3.8, 4) is 0 Å². The number of nitrogens with zero attached hydrogens (tertiary/aromatic N) is 1. The zero-order valence-corrected chi connectivity index (χ0v) is 12.5. The summed E-state index contributed by atoms with van der Waals surface area (Å²) >= 11 is 0. The Morgan fingerprint density at radius 2 is 2.10 bits per heavy atom. The fraction of sp³-hybridized carbons (Fsp3) is 0.500. The van der Waals surface area contributed by atoms with Crippen molar-refractivity contribution in [2.45, 2.75) is 25.9 Å². The lowest BCUT2D eigenvalue weighted by Gasteiger charge is -2.26. The minimum atomic E-state index is -0.447. The first-order valence-corrected chi connectivity index (χ1v) is 7.18. The van der Waals surface area contributed by atoms with E-state index in [0.717, 1.165) is 5.56 Å². The predicted octanol–water partition coefficient (Wildman–Crippen LogP) is 1.61. The lowest BCUT2D eigenvalue weighted by atomic mass is 9.97. The Labute approximate surface area is 124 Å². The summed E-state index contributed by atoms with van der Waals surface area (Å²) in [6.45, 7) is 3.11. The van der Waals surface area contributed by atoms with Gasteiger partial charge >= 0.3 is 11.9 Å². The molecule has 1 aliphatic rings. The van der Waals surface area contributed by atoms with Crippen LogP contribution in [0.25, 0.3) is 0 Å². The second kappa shape index (κ2) is 7.22. The number of esters is 2. The van der Waals surface area contributed by atoms with E-state index in [0.29, 0.717) is 19.8 Å². The molecule has 2 atom stereocenters. The van der Waals surface area contributed by atoms with Crippen LogP contribution in [0.1, 0.15) is 18.9 Å². The first-order chi connectivity index (χ1) is 10.1. The highest BCUT2D eigenvalue weighted by Crippen LogP contribution is 2.25. The van der Waals surface area contributed by atoms with Crippen LogP contribution < -0.4 is 0 Å². The molecule has 0 spiro atoms. The van der Waals surface area contributed by atoms with Crippen molar-refractivity contribution in [2.75, 3.05) is 20.3 Å². The molecule has 0 radical (unpaired) electrons. The van der Waals surface area contributed by atoms with Gasteiger partial charge in [-0.05, 0) is 19.5 Å². The number of ether oxygens (including phenoxy) is 2. The minimum absolute atomic E-state index is 0.0798. The third-order valence-electron chi connectivity index (χ3n) is 3.70. The number of benzene rings is 1. The van der Waals surface area contributed by atoms with Crippen molar-refractivity contribution in [3.63, 3.8) is 0 Å². The van der Waals surface area contributed by atoms with Crippen LogP contribution in [0.2, 0.25) is 0 Å².